The molecule has 4 rings (SSSR count). The summed E-state index contributed by atoms with van der Waals surface area (Å²) in [4.78, 5) is 26.1. The van der Waals surface area contributed by atoms with E-state index in [9.17, 15) is 25.4 Å². The molecule has 0 saturated carbocycles. The van der Waals surface area contributed by atoms with Crippen molar-refractivity contribution in [2.24, 2.45) is 11.1 Å². The van der Waals surface area contributed by atoms with Gasteiger partial charge in [-0.3, -0.25) is 14.9 Å². The number of carbonyl (C=O) groups excluding carboxylic acids is 2. The number of nitrogens with zero attached hydrogens (tertiary/aromatic N) is 3. The molecule has 1 fully saturated rings. The van der Waals surface area contributed by atoms with Gasteiger partial charge in [0, 0.05) is 21.9 Å². The second-order valence-electron chi connectivity index (χ2n) is 7.58. The van der Waals surface area contributed by atoms with Gasteiger partial charge in [-0.2, -0.15) is 15.8 Å². The normalized spacial score (nSPS) is 25.8. The molecule has 1 aliphatic heterocycles. The molecule has 2 aliphatic rings. The van der Waals surface area contributed by atoms with Crippen LogP contribution in [0.2, 0.25) is 10.0 Å². The molecule has 1 aliphatic carbocycles. The minimum absolute atomic E-state index is 0.122. The van der Waals surface area contributed by atoms with E-state index in [0.717, 1.165) is 0 Å². The topological polar surface area (TPSA) is 144 Å². The number of carbonyl (C=O) groups is 2. The van der Waals surface area contributed by atoms with E-state index in [1.165, 1.54) is 0 Å². The average Bonchev–Trinajstić information content (AvgIpc) is 3.10. The molecule has 2 aromatic rings. The zero-order valence-corrected chi connectivity index (χ0v) is 19.0. The summed E-state index contributed by atoms with van der Waals surface area (Å²) in [6, 6.07) is 18.6. The number of benzene rings is 2. The molecule has 3 atom stereocenters. The lowest BCUT2D eigenvalue weighted by Crippen LogP contribution is -2.57. The predicted molar refractivity (Wildman–Crippen MR) is 123 cm³/mol. The highest BCUT2D eigenvalue weighted by Crippen LogP contribution is 2.64. The van der Waals surface area contributed by atoms with Crippen molar-refractivity contribution in [3.05, 3.63) is 81.0 Å². The molecule has 7 nitrogen and oxygen atoms in total. The molecule has 3 N–H and O–H groups in total. The highest BCUT2D eigenvalue weighted by atomic mass is 35.5. The fourth-order valence-electron chi connectivity index (χ4n) is 4.64. The number of amides is 2. The molecule has 0 bridgehead atoms. The van der Waals surface area contributed by atoms with Gasteiger partial charge in [0.05, 0.1) is 29.5 Å². The third-order valence-corrected chi connectivity index (χ3v) is 7.79. The van der Waals surface area contributed by atoms with Crippen LogP contribution < -0.4 is 11.1 Å². The Bertz CT molecular complexity index is 1320. The summed E-state index contributed by atoms with van der Waals surface area (Å²) in [5.74, 6) is -2.95. The summed E-state index contributed by atoms with van der Waals surface area (Å²) in [7, 11) is 0. The van der Waals surface area contributed by atoms with E-state index < -0.39 is 33.1 Å². The van der Waals surface area contributed by atoms with Crippen molar-refractivity contribution < 1.29 is 9.59 Å². The number of thioether (sulfide) groups is 1. The van der Waals surface area contributed by atoms with E-state index in [2.05, 4.69) is 5.32 Å². The third kappa shape index (κ3) is 3.17. The van der Waals surface area contributed by atoms with Gasteiger partial charge in [0.25, 0.3) is 5.24 Å². The fourth-order valence-corrected chi connectivity index (χ4v) is 6.29. The lowest BCUT2D eigenvalue weighted by atomic mass is 9.55. The number of imide groups is 1. The van der Waals surface area contributed by atoms with Crippen LogP contribution >= 0.6 is 35.0 Å². The van der Waals surface area contributed by atoms with Crippen LogP contribution in [-0.4, -0.2) is 15.9 Å². The molecular formula is C23H13Cl2N5O2S. The third-order valence-electron chi connectivity index (χ3n) is 6.01. The Kier molecular flexibility index (Phi) is 5.60. The molecule has 1 saturated heterocycles. The van der Waals surface area contributed by atoms with E-state index in [4.69, 9.17) is 28.9 Å². The van der Waals surface area contributed by atoms with Crippen LogP contribution in [-0.2, 0) is 4.79 Å². The minimum Gasteiger partial charge on any atom is -0.399 e. The number of nitrogens with two attached hydrogens (primary N) is 1. The van der Waals surface area contributed by atoms with Crippen molar-refractivity contribution >= 4 is 46.1 Å². The van der Waals surface area contributed by atoms with Gasteiger partial charge in [-0.15, -0.1) is 0 Å². The van der Waals surface area contributed by atoms with Crippen molar-refractivity contribution in [1.82, 2.24) is 5.32 Å². The molecule has 1 heterocycles. The standard InChI is InChI=1S/C23H13Cl2N5O2S/c24-14-5-1-12(2-6-14)17-16(9-26)19(29)22(10-27,11-28)18(13-3-7-15(25)8-4-13)23(17)20(31)30-21(32)33-23/h1-8,17-18H,29H2,(H,30,31,32). The number of hydrogen-bond acceptors (Lipinski definition) is 7. The Hall–Kier alpha value is -3.48. The van der Waals surface area contributed by atoms with E-state index in [-0.39, 0.29) is 11.3 Å². The average molecular weight is 494 g/mol. The first-order valence-corrected chi connectivity index (χ1v) is 11.1. The fraction of sp³-hybridized carbons (Fsp3) is 0.174. The summed E-state index contributed by atoms with van der Waals surface area (Å²) in [6.45, 7) is 0. The van der Waals surface area contributed by atoms with E-state index in [1.807, 2.05) is 18.2 Å². The Morgan fingerprint density at radius 2 is 1.42 bits per heavy atom. The highest BCUT2D eigenvalue weighted by molar-refractivity contribution is 8.16. The lowest BCUT2D eigenvalue weighted by Gasteiger charge is -2.49. The molecule has 0 radical (unpaired) electrons. The van der Waals surface area contributed by atoms with Crippen molar-refractivity contribution in [2.75, 3.05) is 0 Å². The molecule has 3 unspecified atom stereocenters. The summed E-state index contributed by atoms with van der Waals surface area (Å²) in [6.07, 6.45) is 0. The van der Waals surface area contributed by atoms with Crippen molar-refractivity contribution in [2.45, 2.75) is 16.6 Å². The Labute approximate surface area is 203 Å². The first-order chi connectivity index (χ1) is 15.7. The summed E-state index contributed by atoms with van der Waals surface area (Å²) in [5.41, 5.74) is 4.78. The number of allylic oxidation sites excluding steroid dienone is 2. The summed E-state index contributed by atoms with van der Waals surface area (Å²) < 4.78 is -1.75. The molecule has 33 heavy (non-hydrogen) atoms. The number of halogens is 2. The Morgan fingerprint density at radius 3 is 1.85 bits per heavy atom. The number of rotatable bonds is 2. The maximum absolute atomic E-state index is 13.6. The first-order valence-electron chi connectivity index (χ1n) is 9.53. The van der Waals surface area contributed by atoms with Gasteiger partial charge in [-0.05, 0) is 47.2 Å². The van der Waals surface area contributed by atoms with Gasteiger partial charge in [0.1, 0.15) is 4.75 Å². The van der Waals surface area contributed by atoms with E-state index in [0.29, 0.717) is 32.9 Å². The number of hydrogen-bond donors (Lipinski definition) is 2. The second kappa shape index (κ2) is 8.14. The second-order valence-corrected chi connectivity index (χ2v) is 9.70. The molecular weight excluding hydrogens is 481 g/mol. The van der Waals surface area contributed by atoms with Gasteiger partial charge in [-0.1, -0.05) is 47.5 Å². The van der Waals surface area contributed by atoms with Crippen molar-refractivity contribution in [3.63, 3.8) is 0 Å². The van der Waals surface area contributed by atoms with Gasteiger partial charge in [0.15, 0.2) is 5.41 Å². The van der Waals surface area contributed by atoms with Crippen LogP contribution in [0.1, 0.15) is 23.0 Å². The smallest absolute Gasteiger partial charge is 0.286 e. The van der Waals surface area contributed by atoms with Gasteiger partial charge in [-0.25, -0.2) is 0 Å². The van der Waals surface area contributed by atoms with Crippen LogP contribution in [0.5, 0.6) is 0 Å². The highest BCUT2D eigenvalue weighted by Gasteiger charge is 2.70. The zero-order chi connectivity index (χ0) is 24.0. The molecule has 10 heteroatoms. The quantitative estimate of drug-likeness (QED) is 0.631. The zero-order valence-electron chi connectivity index (χ0n) is 16.7. The molecule has 1 spiro atoms. The maximum atomic E-state index is 13.6. The molecule has 2 amide bonds. The number of nitriles is 3. The van der Waals surface area contributed by atoms with Crippen LogP contribution in [0.3, 0.4) is 0 Å². The van der Waals surface area contributed by atoms with Crippen LogP contribution in [0.15, 0.2) is 59.8 Å². The summed E-state index contributed by atoms with van der Waals surface area (Å²) >= 11 is 12.7. The molecule has 2 aromatic carbocycles. The SMILES string of the molecule is N#CC1=C(N)C(C#N)(C#N)C(c2ccc(Cl)cc2)C2(SC(=O)NC2=O)C1c1ccc(Cl)cc1. The molecule has 0 aromatic heterocycles. The number of nitrogens with one attached hydrogen (secondary N) is 1. The van der Waals surface area contributed by atoms with Gasteiger partial charge >= 0.3 is 0 Å². The van der Waals surface area contributed by atoms with E-state index >= 15 is 0 Å². The largest absolute Gasteiger partial charge is 0.399 e. The van der Waals surface area contributed by atoms with Crippen molar-refractivity contribution in [1.29, 1.82) is 15.8 Å². The first kappa shape index (κ1) is 22.7. The maximum Gasteiger partial charge on any atom is 0.286 e. The predicted octanol–water partition coefficient (Wildman–Crippen LogP) is 4.37. The molecule has 162 valence electrons. The Morgan fingerprint density at radius 1 is 0.909 bits per heavy atom. The van der Waals surface area contributed by atoms with E-state index in [1.54, 1.807) is 48.5 Å². The lowest BCUT2D eigenvalue weighted by molar-refractivity contribution is -0.123. The summed E-state index contributed by atoms with van der Waals surface area (Å²) in [5, 5.41) is 33.0. The van der Waals surface area contributed by atoms with Crippen LogP contribution in [0.25, 0.3) is 0 Å². The minimum atomic E-state index is -2.10. The van der Waals surface area contributed by atoms with Gasteiger partial charge in [0.2, 0.25) is 5.91 Å². The van der Waals surface area contributed by atoms with Gasteiger partial charge < -0.3 is 5.73 Å². The Balaban J connectivity index is 2.17. The van der Waals surface area contributed by atoms with Crippen LogP contribution in [0.4, 0.5) is 4.79 Å². The van der Waals surface area contributed by atoms with Crippen LogP contribution in [0, 0.1) is 39.4 Å². The monoisotopic (exact) mass is 493 g/mol. The van der Waals surface area contributed by atoms with Crippen molar-refractivity contribution in [3.8, 4) is 18.2 Å².